The molecule has 8 atom stereocenters. The van der Waals surface area contributed by atoms with Gasteiger partial charge in [-0.2, -0.15) is 30.2 Å². The maximum absolute atomic E-state index is 12.5. The van der Waals surface area contributed by atoms with Gasteiger partial charge in [0.1, 0.15) is 63.9 Å². The number of thiol groups is 1. The number of aliphatic hydroxyl groups excluding tert-OH is 3. The van der Waals surface area contributed by atoms with Gasteiger partial charge in [0.2, 0.25) is 24.3 Å². The number of hydrogen-bond acceptors (Lipinski definition) is 21. The van der Waals surface area contributed by atoms with Gasteiger partial charge >= 0.3 is 29.8 Å². The molecule has 8 rings (SSSR count). The lowest BCUT2D eigenvalue weighted by Crippen LogP contribution is -2.48. The summed E-state index contributed by atoms with van der Waals surface area (Å²) in [4.78, 5) is 85.2. The lowest BCUT2D eigenvalue weighted by atomic mass is 9.98. The van der Waals surface area contributed by atoms with E-state index >= 15 is 0 Å². The van der Waals surface area contributed by atoms with Crippen molar-refractivity contribution in [2.45, 2.75) is 164 Å². The Labute approximate surface area is 591 Å². The molecule has 0 bridgehead atoms. The number of aromatic amines is 1. The average Bonchev–Trinajstić information content (AvgIpc) is 1.41. The molecule has 0 radical (unpaired) electrons. The molecule has 4 aliphatic rings. The van der Waals surface area contributed by atoms with Gasteiger partial charge in [-0.3, -0.25) is 19.2 Å². The molecule has 0 aliphatic carbocycles. The van der Waals surface area contributed by atoms with Crippen molar-refractivity contribution in [1.29, 1.82) is 0 Å². The summed E-state index contributed by atoms with van der Waals surface area (Å²) in [5, 5.41) is 74.1. The van der Waals surface area contributed by atoms with E-state index in [0.717, 1.165) is 74.0 Å². The van der Waals surface area contributed by atoms with Gasteiger partial charge in [0.25, 0.3) is 11.0 Å². The predicted molar refractivity (Wildman–Crippen MR) is 374 cm³/mol. The number of benzene rings is 3. The highest BCUT2D eigenvalue weighted by molar-refractivity contribution is 8.77. The predicted octanol–water partition coefficient (Wildman–Crippen LogP) is 6.37. The Balaban J connectivity index is 0.000000426. The molecule has 3 aromatic carbocycles. The van der Waals surface area contributed by atoms with E-state index in [1.807, 2.05) is 33.7 Å². The Hall–Kier alpha value is -6.46. The number of aliphatic carboxylic acids is 3. The zero-order valence-electron chi connectivity index (χ0n) is 55.2. The number of carboxylic acid groups (broad SMARTS) is 3. The van der Waals surface area contributed by atoms with Crippen molar-refractivity contribution in [1.82, 2.24) is 25.8 Å². The van der Waals surface area contributed by atoms with E-state index in [9.17, 15) is 80.1 Å². The number of carboxylic acids is 3. The molecular weight excluding hydrogens is 1410 g/mol. The fraction of sp³-hybridized carbons (Fsp3) is 0.603. The molecule has 5 heterocycles. The van der Waals surface area contributed by atoms with Gasteiger partial charge in [-0.25, -0.2) is 24.6 Å². The Morgan fingerprint density at radius 1 is 0.879 bits per heavy atom. The first-order chi connectivity index (χ1) is 46.2. The van der Waals surface area contributed by atoms with Crippen molar-refractivity contribution in [2.24, 2.45) is 5.73 Å². The van der Waals surface area contributed by atoms with Crippen LogP contribution in [-0.2, 0) is 43.3 Å². The normalized spacial score (nSPS) is 19.0. The van der Waals surface area contributed by atoms with Gasteiger partial charge in [-0.05, 0) is 120 Å². The first-order valence-electron chi connectivity index (χ1n) is 31.7. The lowest BCUT2D eigenvalue weighted by Gasteiger charge is -2.17. The van der Waals surface area contributed by atoms with Gasteiger partial charge in [0.15, 0.2) is 11.8 Å². The Morgan fingerprint density at radius 2 is 1.53 bits per heavy atom. The topological polar surface area (TPSA) is 417 Å². The fourth-order valence-corrected chi connectivity index (χ4v) is 14.4. The number of halogens is 5. The quantitative estimate of drug-likeness (QED) is 0.00410. The molecule has 0 saturated carbocycles. The number of phenolic OH excluding ortho intramolecular Hbond substituents is 1. The number of aliphatic hydroxyl groups is 3. The summed E-state index contributed by atoms with van der Waals surface area (Å²) in [5.74, 6) is -9.79. The lowest BCUT2D eigenvalue weighted by molar-refractivity contribution is -0.432. The summed E-state index contributed by atoms with van der Waals surface area (Å²) in [5.41, 5.74) is 9.71. The molecule has 99 heavy (non-hydrogen) atoms. The number of fused-ring (bicyclic) bond motifs is 3. The minimum Gasteiger partial charge on any atom is -0.508 e. The minimum absolute atomic E-state index is 0. The number of aromatic nitrogens is 2. The van der Waals surface area contributed by atoms with E-state index in [4.69, 9.17) is 37.1 Å². The number of aromatic hydroxyl groups is 1. The largest absolute Gasteiger partial charge is 0.508 e. The molecule has 8 unspecified atom stereocenters. The van der Waals surface area contributed by atoms with Gasteiger partial charge < -0.3 is 86.9 Å². The van der Waals surface area contributed by atoms with E-state index in [0.29, 0.717) is 110 Å². The number of sulfone groups is 1. The summed E-state index contributed by atoms with van der Waals surface area (Å²) in [7, 11) is 0.982. The number of rotatable bonds is 29. The van der Waals surface area contributed by atoms with Crippen molar-refractivity contribution in [3.63, 3.8) is 0 Å². The van der Waals surface area contributed by atoms with Crippen molar-refractivity contribution in [2.75, 3.05) is 80.7 Å². The number of carbonyl (C=O) groups is 6. The van der Waals surface area contributed by atoms with Crippen LogP contribution >= 0.6 is 46.6 Å². The second-order valence-corrected chi connectivity index (χ2v) is 28.8. The highest BCUT2D eigenvalue weighted by atomic mass is 35.5. The van der Waals surface area contributed by atoms with Crippen molar-refractivity contribution < 1.29 is 104 Å². The number of likely N-dealkylation sites (tertiary alicyclic amines) is 1. The number of hydrogen-bond donors (Lipinski definition) is 14. The molecule has 4 aliphatic heterocycles. The molecule has 1 aromatic heterocycles. The first-order valence-corrected chi connectivity index (χ1v) is 36.6. The second kappa shape index (κ2) is 45.4. The highest BCUT2D eigenvalue weighted by Gasteiger charge is 2.42. The summed E-state index contributed by atoms with van der Waals surface area (Å²) >= 11 is 4.12. The number of para-hydroxylation sites is 3. The maximum atomic E-state index is 12.5. The highest BCUT2D eigenvalue weighted by Crippen LogP contribution is 2.40. The number of nitrogens with one attached hydrogen (secondary N) is 5. The van der Waals surface area contributed by atoms with Crippen LogP contribution in [0, 0.1) is 11.5 Å². The van der Waals surface area contributed by atoms with Crippen molar-refractivity contribution >= 4 is 120 Å². The zero-order valence-corrected chi connectivity index (χ0v) is 59.4. The standard InChI is InChI=1S/C17H17N2O6.C16H29N3O4S3.C12H22N2O2S.C12H16N2O2.2C3H4F2O2.ClH/c20-15-13(25-17(22)16(15)21)8-24-12-7-3-6-11-14(12)18-9-4-1-2-5-10(9)19(11)23;17-12(16(22)23)5-3-8-18-15(21)13(10-24)19-14(20)6-2-1-4-11-7-9-25-26-11;1-13-7-2-5-11-17(15,16)12-6-10-14-8-3-4-9-14;1-8(15)13-5-4-9-7-14-12-3-2-10(16)6-11(9)12;2*1-3(4,5)2(6)7;/h1-7,13,15-17,20-22H,8H2,(H,18,23);11-13,24H,1-10,17H2,(H,18,21)(H,19,20)(H,22,23);2-12H2;2-3,6,9,14,16H,4-5,7H2,1H3,(H,13,15);2*1H3,(H,6,7);1H/q+1;;;;;;. The van der Waals surface area contributed by atoms with Crippen LogP contribution in [0.4, 0.5) is 23.2 Å². The number of carbonyl (C=O) groups excluding carboxylic acids is 3. The van der Waals surface area contributed by atoms with Crippen LogP contribution in [-0.4, -0.2) is 219 Å². The molecule has 4 aromatic rings. The monoisotopic (exact) mass is 1500 g/mol. The summed E-state index contributed by atoms with van der Waals surface area (Å²) in [6.07, 6.45) is 5.93. The van der Waals surface area contributed by atoms with Crippen molar-refractivity contribution in [3.05, 3.63) is 82.6 Å². The number of nitrogens with zero attached hydrogens (tertiary/aromatic N) is 3. The van der Waals surface area contributed by atoms with E-state index in [1.165, 1.54) is 31.9 Å². The van der Waals surface area contributed by atoms with E-state index < -0.39 is 76.3 Å². The molecule has 3 saturated heterocycles. The van der Waals surface area contributed by atoms with Crippen LogP contribution in [0.1, 0.15) is 116 Å². The smallest absolute Gasteiger partial charge is 0.374 e. The molecule has 556 valence electrons. The van der Waals surface area contributed by atoms with Crippen LogP contribution in [0.15, 0.2) is 60.7 Å². The Morgan fingerprint density at radius 3 is 2.11 bits per heavy atom. The number of amides is 3. The van der Waals surface area contributed by atoms with Crippen LogP contribution in [0.25, 0.3) is 26.9 Å². The molecule has 3 fully saturated rings. The van der Waals surface area contributed by atoms with Crippen LogP contribution in [0.2, 0.25) is 0 Å². The van der Waals surface area contributed by atoms with E-state index in [2.05, 4.69) is 48.6 Å². The van der Waals surface area contributed by atoms with Gasteiger partial charge in [0, 0.05) is 98.6 Å². The summed E-state index contributed by atoms with van der Waals surface area (Å²) in [6, 6.07) is 15.9. The maximum Gasteiger partial charge on any atom is 0.374 e. The summed E-state index contributed by atoms with van der Waals surface area (Å²) in [6.45, 7) is 14.2. The molecule has 27 nitrogen and oxygen atoms in total. The third-order valence-electron chi connectivity index (χ3n) is 15.1. The number of alkyl halides is 4. The Kier molecular flexibility index (Phi) is 40.7. The molecule has 36 heteroatoms. The minimum atomic E-state index is -3.58. The third-order valence-corrected chi connectivity index (χ3v) is 20.3. The number of H-pyrrole nitrogens is 1. The fourth-order valence-electron chi connectivity index (χ4n) is 9.66. The number of unbranched alkanes of at least 4 members (excludes halogenated alkanes) is 2. The third kappa shape index (κ3) is 33.7. The van der Waals surface area contributed by atoms with E-state index in [1.54, 1.807) is 48.5 Å². The molecule has 14 N–H and O–H groups in total. The Bertz CT molecular complexity index is 3380. The number of ether oxygens (including phenoxy) is 2. The number of anilines is 1. The summed E-state index contributed by atoms with van der Waals surface area (Å²) < 4.78 is 79.9. The second-order valence-electron chi connectivity index (χ2n) is 23.4. The number of nitrogens with two attached hydrogens (primary N) is 1. The van der Waals surface area contributed by atoms with Crippen LogP contribution < -0.4 is 36.2 Å². The van der Waals surface area contributed by atoms with E-state index in [-0.39, 0.29) is 54.7 Å². The molecule has 0 spiro atoms. The zero-order chi connectivity index (χ0) is 73.2. The van der Waals surface area contributed by atoms with Gasteiger partial charge in [-0.1, -0.05) is 46.2 Å². The van der Waals surface area contributed by atoms with Crippen LogP contribution in [0.5, 0.6) is 11.5 Å². The van der Waals surface area contributed by atoms with Gasteiger partial charge in [-0.15, -0.1) is 12.4 Å². The van der Waals surface area contributed by atoms with Gasteiger partial charge in [0.05, 0.1) is 15.9 Å². The average molecular weight is 1500 g/mol. The number of phenols is 1. The SMILES string of the molecule is CC(=O)NCCC1CNc2ccc(O)cc21.CC(F)(F)C(=O)O.CC(F)(F)C(=O)O.Cl.NC(CCCNC(=O)C(CS)NC(=O)CCCCC1CCSS1)C(=O)O.O=[n+]1c2ccccc2[nH]c2c(OCC3OC(O)C(O)C3O)cccc21.[C-]#[N+]CCCCS(=O)(=O)CCCN1CCCC1. The van der Waals surface area contributed by atoms with Crippen molar-refractivity contribution in [3.8, 4) is 11.5 Å². The molecule has 3 amide bonds. The van der Waals surface area contributed by atoms with Crippen LogP contribution in [0.3, 0.4) is 0 Å². The first kappa shape index (κ1) is 88.6. The molecular formula is C63H93ClF4N9O18S4+.